The lowest BCUT2D eigenvalue weighted by atomic mass is 10.1. The quantitative estimate of drug-likeness (QED) is 0.367. The van der Waals surface area contributed by atoms with Crippen molar-refractivity contribution in [2.24, 2.45) is 4.99 Å². The molecule has 0 aliphatic rings. The highest BCUT2D eigenvalue weighted by Crippen LogP contribution is 2.30. The highest BCUT2D eigenvalue weighted by molar-refractivity contribution is 5.95. The molecule has 0 radical (unpaired) electrons. The first-order chi connectivity index (χ1) is 15.5. The van der Waals surface area contributed by atoms with Gasteiger partial charge in [-0.3, -0.25) is 4.79 Å². The Morgan fingerprint density at radius 1 is 1.06 bits per heavy atom. The zero-order valence-corrected chi connectivity index (χ0v) is 19.7. The van der Waals surface area contributed by atoms with Crippen molar-refractivity contribution in [3.63, 3.8) is 0 Å². The third-order valence-electron chi connectivity index (χ3n) is 4.52. The van der Waals surface area contributed by atoms with E-state index in [4.69, 9.17) is 9.47 Å². The van der Waals surface area contributed by atoms with Gasteiger partial charge >= 0.3 is 0 Å². The zero-order chi connectivity index (χ0) is 23.3. The second-order valence-electron chi connectivity index (χ2n) is 7.38. The molecule has 2 aromatic rings. The lowest BCUT2D eigenvalue weighted by Gasteiger charge is -2.14. The largest absolute Gasteiger partial charge is 0.493 e. The number of hydrogen-bond donors (Lipinski definition) is 3. The Balaban J connectivity index is 2.08. The van der Waals surface area contributed by atoms with Gasteiger partial charge in [0.1, 0.15) is 0 Å². The first kappa shape index (κ1) is 25.0. The van der Waals surface area contributed by atoms with Gasteiger partial charge in [0.2, 0.25) is 0 Å². The Kier molecular flexibility index (Phi) is 10.3. The van der Waals surface area contributed by atoms with Gasteiger partial charge in [0, 0.05) is 37.0 Å². The first-order valence-corrected chi connectivity index (χ1v) is 10.8. The number of methoxy groups -OCH3 is 1. The van der Waals surface area contributed by atoms with E-state index in [1.54, 1.807) is 7.11 Å². The maximum Gasteiger partial charge on any atom is 0.251 e. The summed E-state index contributed by atoms with van der Waals surface area (Å²) in [6, 6.07) is 13.2. The minimum atomic E-state index is -0.0793. The Hall–Kier alpha value is -3.26. The maximum absolute atomic E-state index is 12.4. The summed E-state index contributed by atoms with van der Waals surface area (Å²) in [5, 5.41) is 9.47. The summed E-state index contributed by atoms with van der Waals surface area (Å²) in [4.78, 5) is 19.1. The summed E-state index contributed by atoms with van der Waals surface area (Å²) in [5.41, 5.74) is 2.42. The first-order valence-electron chi connectivity index (χ1n) is 10.8. The number of nitrogens with zero attached hydrogens (tertiary/aromatic N) is 2. The predicted octanol–water partition coefficient (Wildman–Crippen LogP) is 2.96. The number of anilines is 1. The molecule has 2 aromatic carbocycles. The van der Waals surface area contributed by atoms with Crippen LogP contribution in [-0.2, 0) is 6.54 Å². The molecule has 0 spiro atoms. The van der Waals surface area contributed by atoms with Crippen molar-refractivity contribution in [2.75, 3.05) is 52.8 Å². The molecule has 8 nitrogen and oxygen atoms in total. The molecule has 0 aliphatic carbocycles. The molecule has 0 atom stereocenters. The van der Waals surface area contributed by atoms with Crippen molar-refractivity contribution < 1.29 is 14.3 Å². The lowest BCUT2D eigenvalue weighted by molar-refractivity contribution is 0.0951. The maximum atomic E-state index is 12.4. The van der Waals surface area contributed by atoms with Crippen molar-refractivity contribution in [1.82, 2.24) is 15.5 Å². The fourth-order valence-electron chi connectivity index (χ4n) is 2.94. The van der Waals surface area contributed by atoms with Crippen LogP contribution in [0.2, 0.25) is 0 Å². The van der Waals surface area contributed by atoms with E-state index in [0.29, 0.717) is 49.3 Å². The molecule has 3 N–H and O–H groups in total. The van der Waals surface area contributed by atoms with Gasteiger partial charge in [-0.15, -0.1) is 0 Å². The van der Waals surface area contributed by atoms with Gasteiger partial charge in [-0.2, -0.15) is 0 Å². The van der Waals surface area contributed by atoms with E-state index in [9.17, 15) is 4.79 Å². The molecule has 0 heterocycles. The molecular formula is C24H35N5O3. The number of carbonyl (C=O) groups is 1. The molecule has 0 aliphatic heterocycles. The second kappa shape index (κ2) is 13.2. The molecule has 0 aromatic heterocycles. The molecule has 174 valence electrons. The Morgan fingerprint density at radius 3 is 2.56 bits per heavy atom. The number of hydrogen-bond acceptors (Lipinski definition) is 5. The molecule has 0 fully saturated rings. The van der Waals surface area contributed by atoms with Gasteiger partial charge in [-0.1, -0.05) is 12.1 Å². The number of ether oxygens (including phenoxy) is 2. The second-order valence-corrected chi connectivity index (χ2v) is 7.38. The summed E-state index contributed by atoms with van der Waals surface area (Å²) < 4.78 is 11.0. The summed E-state index contributed by atoms with van der Waals surface area (Å²) in [7, 11) is 5.57. The van der Waals surface area contributed by atoms with E-state index in [1.807, 2.05) is 75.3 Å². The predicted molar refractivity (Wildman–Crippen MR) is 130 cm³/mol. The van der Waals surface area contributed by atoms with E-state index >= 15 is 0 Å². The minimum Gasteiger partial charge on any atom is -0.493 e. The molecular weight excluding hydrogens is 406 g/mol. The SMILES string of the molecule is CCNC(=NCc1cccc(C(=O)NCCN(C)C)c1)Nc1ccc(OC)c(OCC)c1. The van der Waals surface area contributed by atoms with Crippen LogP contribution in [0, 0.1) is 0 Å². The fraction of sp³-hybridized carbons (Fsp3) is 0.417. The van der Waals surface area contributed by atoms with Crippen molar-refractivity contribution in [2.45, 2.75) is 20.4 Å². The minimum absolute atomic E-state index is 0.0793. The van der Waals surface area contributed by atoms with E-state index in [2.05, 4.69) is 20.9 Å². The smallest absolute Gasteiger partial charge is 0.251 e. The number of benzene rings is 2. The topological polar surface area (TPSA) is 87.2 Å². The van der Waals surface area contributed by atoms with Crippen LogP contribution >= 0.6 is 0 Å². The van der Waals surface area contributed by atoms with Crippen LogP contribution in [-0.4, -0.2) is 64.2 Å². The van der Waals surface area contributed by atoms with Crippen LogP contribution in [0.1, 0.15) is 29.8 Å². The lowest BCUT2D eigenvalue weighted by Crippen LogP contribution is -2.31. The van der Waals surface area contributed by atoms with Gasteiger partial charge in [-0.25, -0.2) is 4.99 Å². The highest BCUT2D eigenvalue weighted by atomic mass is 16.5. The summed E-state index contributed by atoms with van der Waals surface area (Å²) in [5.74, 6) is 1.91. The third kappa shape index (κ3) is 8.11. The molecule has 0 unspecified atom stereocenters. The zero-order valence-electron chi connectivity index (χ0n) is 19.7. The molecule has 1 amide bonds. The van der Waals surface area contributed by atoms with E-state index < -0.39 is 0 Å². The van der Waals surface area contributed by atoms with Gasteiger partial charge < -0.3 is 30.3 Å². The summed E-state index contributed by atoms with van der Waals surface area (Å²) >= 11 is 0. The van der Waals surface area contributed by atoms with E-state index in [0.717, 1.165) is 17.8 Å². The molecule has 0 saturated heterocycles. The van der Waals surface area contributed by atoms with Gasteiger partial charge in [0.05, 0.1) is 20.3 Å². The standard InChI is InChI=1S/C24H35N5O3/c1-6-25-24(28-20-11-12-21(31-5)22(16-20)32-7-2)27-17-18-9-8-10-19(15-18)23(30)26-13-14-29(3)4/h8-12,15-16H,6-7,13-14,17H2,1-5H3,(H,26,30)(H2,25,27,28). The van der Waals surface area contributed by atoms with Crippen LogP contribution in [0.15, 0.2) is 47.5 Å². The molecule has 2 rings (SSSR count). The fourth-order valence-corrected chi connectivity index (χ4v) is 2.94. The van der Waals surface area contributed by atoms with Gasteiger partial charge in [0.15, 0.2) is 17.5 Å². The van der Waals surface area contributed by atoms with Crippen molar-refractivity contribution in [1.29, 1.82) is 0 Å². The number of rotatable bonds is 11. The monoisotopic (exact) mass is 441 g/mol. The molecule has 0 saturated carbocycles. The Labute approximate surface area is 191 Å². The number of carbonyl (C=O) groups excluding carboxylic acids is 1. The Bertz CT molecular complexity index is 899. The average molecular weight is 442 g/mol. The van der Waals surface area contributed by atoms with Gasteiger partial charge in [-0.05, 0) is 57.8 Å². The number of aliphatic imine (C=N–C) groups is 1. The van der Waals surface area contributed by atoms with Crippen LogP contribution in [0.5, 0.6) is 11.5 Å². The van der Waals surface area contributed by atoms with E-state index in [-0.39, 0.29) is 5.91 Å². The molecule has 0 bridgehead atoms. The van der Waals surface area contributed by atoms with Crippen LogP contribution in [0.4, 0.5) is 5.69 Å². The highest BCUT2D eigenvalue weighted by Gasteiger charge is 2.08. The summed E-state index contributed by atoms with van der Waals surface area (Å²) in [6.07, 6.45) is 0. The van der Waals surface area contributed by atoms with Crippen molar-refractivity contribution >= 4 is 17.6 Å². The van der Waals surface area contributed by atoms with Crippen molar-refractivity contribution in [3.8, 4) is 11.5 Å². The summed E-state index contributed by atoms with van der Waals surface area (Å²) in [6.45, 7) is 7.04. The van der Waals surface area contributed by atoms with E-state index in [1.165, 1.54) is 0 Å². The molecule has 32 heavy (non-hydrogen) atoms. The van der Waals surface area contributed by atoms with Gasteiger partial charge in [0.25, 0.3) is 5.91 Å². The van der Waals surface area contributed by atoms with Crippen LogP contribution in [0.25, 0.3) is 0 Å². The van der Waals surface area contributed by atoms with Crippen LogP contribution in [0.3, 0.4) is 0 Å². The normalized spacial score (nSPS) is 11.2. The third-order valence-corrected chi connectivity index (χ3v) is 4.52. The number of guanidine groups is 1. The average Bonchev–Trinajstić information content (AvgIpc) is 2.78. The Morgan fingerprint density at radius 2 is 1.88 bits per heavy atom. The number of likely N-dealkylation sites (N-methyl/N-ethyl adjacent to an activating group) is 1. The van der Waals surface area contributed by atoms with Crippen molar-refractivity contribution in [3.05, 3.63) is 53.6 Å². The molecule has 8 heteroatoms. The van der Waals surface area contributed by atoms with Crippen LogP contribution < -0.4 is 25.4 Å². The number of nitrogens with one attached hydrogen (secondary N) is 3. The number of amides is 1.